The third-order valence-electron chi connectivity index (χ3n) is 4.54. The number of nitrogen functional groups attached to an aromatic ring is 1. The molecule has 2 heterocycles. The number of nitrogens with zero attached hydrogens (tertiary/aromatic N) is 3. The number of urea groups is 1. The molecule has 0 unspecified atom stereocenters. The molecule has 28 heavy (non-hydrogen) atoms. The Labute approximate surface area is 162 Å². The number of rotatable bonds is 4. The summed E-state index contributed by atoms with van der Waals surface area (Å²) in [5.41, 5.74) is 11.3. The molecule has 0 saturated heterocycles. The molecule has 2 aromatic heterocycles. The highest BCUT2D eigenvalue weighted by atomic mass is 16.2. The monoisotopic (exact) mass is 372 g/mol. The van der Waals surface area contributed by atoms with Gasteiger partial charge in [-0.2, -0.15) is 0 Å². The van der Waals surface area contributed by atoms with Crippen molar-refractivity contribution >= 4 is 28.7 Å². The molecule has 2 amide bonds. The number of aryl methyl sites for hydroxylation is 1. The standard InChI is InChI=1S/C21H20N6O/c1-2-14-5-9-16(10-6-14)23-21(28)24-17-11-7-15(8-12-17)18-4-3-13-27-19(18)20(22)25-26-27/h3-13H,2,22H2,1H3,(H2,23,24,28). The Hall–Kier alpha value is -3.87. The maximum Gasteiger partial charge on any atom is 0.323 e. The van der Waals surface area contributed by atoms with Crippen LogP contribution in [0.4, 0.5) is 22.0 Å². The number of carbonyl (C=O) groups is 1. The van der Waals surface area contributed by atoms with Gasteiger partial charge in [-0.15, -0.1) is 5.10 Å². The van der Waals surface area contributed by atoms with Crippen molar-refractivity contribution in [3.05, 3.63) is 72.4 Å². The van der Waals surface area contributed by atoms with E-state index in [2.05, 4.69) is 27.9 Å². The third kappa shape index (κ3) is 3.50. The van der Waals surface area contributed by atoms with Crippen LogP contribution in [0.5, 0.6) is 0 Å². The molecule has 0 spiro atoms. The summed E-state index contributed by atoms with van der Waals surface area (Å²) >= 11 is 0. The molecule has 4 N–H and O–H groups in total. The average molecular weight is 372 g/mol. The van der Waals surface area contributed by atoms with Crippen molar-refractivity contribution in [3.8, 4) is 11.1 Å². The van der Waals surface area contributed by atoms with E-state index in [0.717, 1.165) is 28.8 Å². The van der Waals surface area contributed by atoms with Crippen molar-refractivity contribution in [1.29, 1.82) is 0 Å². The van der Waals surface area contributed by atoms with E-state index in [-0.39, 0.29) is 6.03 Å². The highest BCUT2D eigenvalue weighted by molar-refractivity contribution is 6.00. The normalized spacial score (nSPS) is 10.8. The molecule has 7 nitrogen and oxygen atoms in total. The summed E-state index contributed by atoms with van der Waals surface area (Å²) in [6.07, 6.45) is 2.77. The van der Waals surface area contributed by atoms with Crippen LogP contribution < -0.4 is 16.4 Å². The van der Waals surface area contributed by atoms with Crippen LogP contribution in [0.3, 0.4) is 0 Å². The Morgan fingerprint density at radius 3 is 2.29 bits per heavy atom. The van der Waals surface area contributed by atoms with Crippen molar-refractivity contribution in [1.82, 2.24) is 14.8 Å². The summed E-state index contributed by atoms with van der Waals surface area (Å²) in [7, 11) is 0. The molecule has 0 saturated carbocycles. The van der Waals surface area contributed by atoms with Crippen LogP contribution in [0.2, 0.25) is 0 Å². The van der Waals surface area contributed by atoms with Gasteiger partial charge in [0.15, 0.2) is 5.82 Å². The molecule has 0 bridgehead atoms. The first-order valence-electron chi connectivity index (χ1n) is 9.01. The van der Waals surface area contributed by atoms with E-state index in [1.807, 2.05) is 60.7 Å². The minimum atomic E-state index is -0.289. The highest BCUT2D eigenvalue weighted by Gasteiger charge is 2.10. The Morgan fingerprint density at radius 1 is 1.00 bits per heavy atom. The molecule has 140 valence electrons. The summed E-state index contributed by atoms with van der Waals surface area (Å²) in [6.45, 7) is 2.09. The minimum Gasteiger partial charge on any atom is -0.380 e. The lowest BCUT2D eigenvalue weighted by atomic mass is 10.1. The van der Waals surface area contributed by atoms with Gasteiger partial charge in [-0.05, 0) is 47.9 Å². The van der Waals surface area contributed by atoms with Gasteiger partial charge in [0, 0.05) is 23.1 Å². The topological polar surface area (TPSA) is 97.3 Å². The molecular formula is C21H20N6O. The second-order valence-corrected chi connectivity index (χ2v) is 6.40. The lowest BCUT2D eigenvalue weighted by Gasteiger charge is -2.09. The van der Waals surface area contributed by atoms with Crippen LogP contribution in [0.25, 0.3) is 16.6 Å². The number of nitrogens with one attached hydrogen (secondary N) is 2. The molecule has 0 radical (unpaired) electrons. The van der Waals surface area contributed by atoms with Gasteiger partial charge in [0.1, 0.15) is 5.52 Å². The number of aromatic nitrogens is 3. The second kappa shape index (κ2) is 7.40. The maximum atomic E-state index is 12.2. The van der Waals surface area contributed by atoms with E-state index in [0.29, 0.717) is 11.5 Å². The molecule has 0 aliphatic rings. The number of pyridine rings is 1. The number of nitrogens with two attached hydrogens (primary N) is 1. The van der Waals surface area contributed by atoms with Gasteiger partial charge in [-0.1, -0.05) is 42.5 Å². The summed E-state index contributed by atoms with van der Waals surface area (Å²) in [5.74, 6) is 0.381. The van der Waals surface area contributed by atoms with Crippen molar-refractivity contribution in [2.75, 3.05) is 16.4 Å². The van der Waals surface area contributed by atoms with Gasteiger partial charge in [0.05, 0.1) is 0 Å². The van der Waals surface area contributed by atoms with E-state index >= 15 is 0 Å². The van der Waals surface area contributed by atoms with Crippen LogP contribution >= 0.6 is 0 Å². The van der Waals surface area contributed by atoms with E-state index < -0.39 is 0 Å². The Kier molecular flexibility index (Phi) is 4.63. The lowest BCUT2D eigenvalue weighted by molar-refractivity contribution is 0.262. The number of carbonyl (C=O) groups excluding carboxylic acids is 1. The van der Waals surface area contributed by atoms with Crippen molar-refractivity contribution in [3.63, 3.8) is 0 Å². The zero-order valence-corrected chi connectivity index (χ0v) is 15.4. The SMILES string of the molecule is CCc1ccc(NC(=O)Nc2ccc(-c3cccn4nnc(N)c34)cc2)cc1. The zero-order valence-electron chi connectivity index (χ0n) is 15.4. The summed E-state index contributed by atoms with van der Waals surface area (Å²) in [5, 5.41) is 13.6. The Balaban J connectivity index is 1.48. The van der Waals surface area contributed by atoms with Crippen LogP contribution in [-0.4, -0.2) is 20.9 Å². The first-order chi connectivity index (χ1) is 13.6. The molecule has 0 atom stereocenters. The maximum absolute atomic E-state index is 12.2. The second-order valence-electron chi connectivity index (χ2n) is 6.40. The average Bonchev–Trinajstić information content (AvgIpc) is 3.10. The van der Waals surface area contributed by atoms with Gasteiger partial charge >= 0.3 is 6.03 Å². The number of hydrogen-bond acceptors (Lipinski definition) is 4. The first kappa shape index (κ1) is 17.5. The number of benzene rings is 2. The minimum absolute atomic E-state index is 0.289. The fourth-order valence-corrected chi connectivity index (χ4v) is 3.05. The van der Waals surface area contributed by atoms with Gasteiger partial charge in [0.2, 0.25) is 0 Å². The lowest BCUT2D eigenvalue weighted by Crippen LogP contribution is -2.19. The number of anilines is 3. The molecule has 4 rings (SSSR count). The summed E-state index contributed by atoms with van der Waals surface area (Å²) in [6, 6.07) is 18.9. The van der Waals surface area contributed by atoms with Crippen LogP contribution in [0.15, 0.2) is 66.9 Å². The summed E-state index contributed by atoms with van der Waals surface area (Å²) in [4.78, 5) is 12.2. The fourth-order valence-electron chi connectivity index (χ4n) is 3.05. The quantitative estimate of drug-likeness (QED) is 0.500. The highest BCUT2D eigenvalue weighted by Crippen LogP contribution is 2.28. The largest absolute Gasteiger partial charge is 0.380 e. The predicted octanol–water partition coefficient (Wildman–Crippen LogP) is 4.18. The van der Waals surface area contributed by atoms with Crippen molar-refractivity contribution in [2.24, 2.45) is 0 Å². The van der Waals surface area contributed by atoms with Gasteiger partial charge in [-0.25, -0.2) is 9.31 Å². The van der Waals surface area contributed by atoms with Gasteiger partial charge in [-0.3, -0.25) is 0 Å². The summed E-state index contributed by atoms with van der Waals surface area (Å²) < 4.78 is 1.65. The van der Waals surface area contributed by atoms with Crippen LogP contribution in [0, 0.1) is 0 Å². The van der Waals surface area contributed by atoms with Crippen molar-refractivity contribution in [2.45, 2.75) is 13.3 Å². The molecular weight excluding hydrogens is 352 g/mol. The Morgan fingerprint density at radius 2 is 1.64 bits per heavy atom. The fraction of sp³-hybridized carbons (Fsp3) is 0.0952. The van der Waals surface area contributed by atoms with Gasteiger partial charge in [0.25, 0.3) is 0 Å². The first-order valence-corrected chi connectivity index (χ1v) is 9.01. The smallest absolute Gasteiger partial charge is 0.323 e. The van der Waals surface area contributed by atoms with Crippen molar-refractivity contribution < 1.29 is 4.79 Å². The molecule has 0 aliphatic carbocycles. The predicted molar refractivity (Wildman–Crippen MR) is 111 cm³/mol. The van der Waals surface area contributed by atoms with E-state index in [1.165, 1.54) is 5.56 Å². The van der Waals surface area contributed by atoms with E-state index in [9.17, 15) is 4.79 Å². The number of hydrogen-bond donors (Lipinski definition) is 3. The third-order valence-corrected chi connectivity index (χ3v) is 4.54. The molecule has 0 aliphatic heterocycles. The number of fused-ring (bicyclic) bond motifs is 1. The zero-order chi connectivity index (χ0) is 19.5. The van der Waals surface area contributed by atoms with Crippen LogP contribution in [-0.2, 0) is 6.42 Å². The van der Waals surface area contributed by atoms with E-state index in [1.54, 1.807) is 10.7 Å². The molecule has 0 fully saturated rings. The van der Waals surface area contributed by atoms with Crippen LogP contribution in [0.1, 0.15) is 12.5 Å². The molecule has 4 aromatic rings. The Bertz CT molecular complexity index is 1120. The van der Waals surface area contributed by atoms with E-state index in [4.69, 9.17) is 5.73 Å². The number of amides is 2. The molecule has 7 heteroatoms. The molecule has 2 aromatic carbocycles. The van der Waals surface area contributed by atoms with Gasteiger partial charge < -0.3 is 16.4 Å².